The van der Waals surface area contributed by atoms with Gasteiger partial charge in [-0.2, -0.15) is 11.8 Å². The van der Waals surface area contributed by atoms with E-state index >= 15 is 0 Å². The quantitative estimate of drug-likeness (QED) is 0.206. The molecule has 4 rings (SSSR count). The van der Waals surface area contributed by atoms with E-state index in [0.29, 0.717) is 41.0 Å². The summed E-state index contributed by atoms with van der Waals surface area (Å²) in [6.45, 7) is 4.11. The second kappa shape index (κ2) is 11.6. The number of methoxy groups -OCH3 is 1. The number of hydrogen-bond donors (Lipinski definition) is 1. The average molecular weight is 523 g/mol. The average Bonchev–Trinajstić information content (AvgIpc) is 2.90. The fourth-order valence-electron chi connectivity index (χ4n) is 4.96. The number of Topliss-reactive ketones (excluding diaryl/α,β-unsaturated/α-hetero) is 1. The number of rotatable bonds is 9. The van der Waals surface area contributed by atoms with E-state index in [1.165, 1.54) is 12.1 Å². The molecule has 2 aliphatic rings. The minimum absolute atomic E-state index is 0.0189. The number of thioether (sulfide) groups is 1. The van der Waals surface area contributed by atoms with Crippen molar-refractivity contribution in [2.45, 2.75) is 38.5 Å². The maximum absolute atomic E-state index is 13.7. The van der Waals surface area contributed by atoms with E-state index in [1.807, 2.05) is 31.2 Å². The maximum atomic E-state index is 13.7. The SMILES string of the molecule is CCSCCOC(=O)C1=C(C)NC2=C(C(=O)CC(c3ccc(OC)cc3)C2)C1c1ccc([N+](=O)[O-])cc1. The Hall–Kier alpha value is -3.59. The summed E-state index contributed by atoms with van der Waals surface area (Å²) in [7, 11) is 1.61. The van der Waals surface area contributed by atoms with Crippen LogP contribution in [0, 0.1) is 10.1 Å². The van der Waals surface area contributed by atoms with Crippen molar-refractivity contribution in [3.63, 3.8) is 0 Å². The summed E-state index contributed by atoms with van der Waals surface area (Å²) in [4.78, 5) is 37.7. The molecule has 8 nitrogen and oxygen atoms in total. The van der Waals surface area contributed by atoms with Gasteiger partial charge in [0.2, 0.25) is 0 Å². The zero-order chi connectivity index (χ0) is 26.5. The monoisotopic (exact) mass is 522 g/mol. The van der Waals surface area contributed by atoms with Gasteiger partial charge in [-0.3, -0.25) is 14.9 Å². The van der Waals surface area contributed by atoms with Crippen molar-refractivity contribution in [2.75, 3.05) is 25.2 Å². The van der Waals surface area contributed by atoms with Crippen LogP contribution in [0.1, 0.15) is 49.7 Å². The molecule has 2 aromatic rings. The van der Waals surface area contributed by atoms with Crippen LogP contribution < -0.4 is 10.1 Å². The van der Waals surface area contributed by atoms with E-state index in [4.69, 9.17) is 9.47 Å². The van der Waals surface area contributed by atoms with E-state index in [2.05, 4.69) is 5.32 Å². The molecule has 194 valence electrons. The van der Waals surface area contributed by atoms with Crippen LogP contribution in [0.5, 0.6) is 5.75 Å². The number of non-ortho nitro benzene ring substituents is 1. The van der Waals surface area contributed by atoms with Crippen molar-refractivity contribution < 1.29 is 24.0 Å². The Kier molecular flexibility index (Phi) is 8.33. The van der Waals surface area contributed by atoms with Crippen LogP contribution in [0.3, 0.4) is 0 Å². The van der Waals surface area contributed by atoms with Gasteiger partial charge >= 0.3 is 5.97 Å². The summed E-state index contributed by atoms with van der Waals surface area (Å²) in [6.07, 6.45) is 0.897. The van der Waals surface area contributed by atoms with Gasteiger partial charge in [0.25, 0.3) is 5.69 Å². The summed E-state index contributed by atoms with van der Waals surface area (Å²) >= 11 is 1.67. The van der Waals surface area contributed by atoms with Gasteiger partial charge in [0.15, 0.2) is 5.78 Å². The number of benzene rings is 2. The smallest absolute Gasteiger partial charge is 0.336 e. The summed E-state index contributed by atoms with van der Waals surface area (Å²) in [5.74, 6) is 1.13. The number of esters is 1. The number of carbonyl (C=O) groups excluding carboxylic acids is 2. The fraction of sp³-hybridized carbons (Fsp3) is 0.357. The van der Waals surface area contributed by atoms with Crippen LogP contribution >= 0.6 is 11.8 Å². The van der Waals surface area contributed by atoms with E-state index in [9.17, 15) is 19.7 Å². The zero-order valence-corrected chi connectivity index (χ0v) is 21.9. The zero-order valence-electron chi connectivity index (χ0n) is 21.1. The number of allylic oxidation sites excluding steroid dienone is 3. The lowest BCUT2D eigenvalue weighted by Crippen LogP contribution is -2.36. The van der Waals surface area contributed by atoms with Crippen LogP contribution in [-0.2, 0) is 14.3 Å². The van der Waals surface area contributed by atoms with Crippen LogP contribution in [0.2, 0.25) is 0 Å². The summed E-state index contributed by atoms with van der Waals surface area (Å²) in [6, 6.07) is 13.8. The third-order valence-electron chi connectivity index (χ3n) is 6.74. The van der Waals surface area contributed by atoms with Gasteiger partial charge in [-0.05, 0) is 48.3 Å². The summed E-state index contributed by atoms with van der Waals surface area (Å²) in [5.41, 5.74) is 3.92. The topological polar surface area (TPSA) is 108 Å². The van der Waals surface area contributed by atoms with Crippen molar-refractivity contribution in [2.24, 2.45) is 0 Å². The number of nitro groups is 1. The molecule has 1 N–H and O–H groups in total. The molecule has 2 aromatic carbocycles. The number of nitro benzene ring substituents is 1. The first-order chi connectivity index (χ1) is 17.8. The first kappa shape index (κ1) is 26.5. The van der Waals surface area contributed by atoms with E-state index < -0.39 is 16.8 Å². The van der Waals surface area contributed by atoms with Gasteiger partial charge in [-0.1, -0.05) is 31.2 Å². The second-order valence-corrected chi connectivity index (χ2v) is 10.4. The highest BCUT2D eigenvalue weighted by Crippen LogP contribution is 2.46. The van der Waals surface area contributed by atoms with Crippen molar-refractivity contribution in [1.82, 2.24) is 5.32 Å². The molecule has 1 heterocycles. The largest absolute Gasteiger partial charge is 0.497 e. The molecule has 0 bridgehead atoms. The van der Waals surface area contributed by atoms with E-state index in [0.717, 1.165) is 22.8 Å². The predicted octanol–water partition coefficient (Wildman–Crippen LogP) is 5.26. The highest BCUT2D eigenvalue weighted by Gasteiger charge is 2.41. The number of ether oxygens (including phenoxy) is 2. The number of nitrogens with one attached hydrogen (secondary N) is 1. The summed E-state index contributed by atoms with van der Waals surface area (Å²) < 4.78 is 10.8. The van der Waals surface area contributed by atoms with E-state index in [1.54, 1.807) is 37.9 Å². The molecular formula is C28H30N2O6S. The standard InChI is InChI=1S/C28H30N2O6S/c1-4-37-14-13-36-28(32)25-17(2)29-23-15-20(18-7-11-22(35-3)12-8-18)16-24(31)27(23)26(25)19-5-9-21(10-6-19)30(33)34/h5-12,20,26,29H,4,13-16H2,1-3H3. The molecular weight excluding hydrogens is 492 g/mol. The minimum atomic E-state index is -0.660. The van der Waals surface area contributed by atoms with Crippen molar-refractivity contribution in [3.8, 4) is 5.75 Å². The predicted molar refractivity (Wildman–Crippen MR) is 143 cm³/mol. The molecule has 2 atom stereocenters. The van der Waals surface area contributed by atoms with Gasteiger partial charge in [-0.25, -0.2) is 4.79 Å². The second-order valence-electron chi connectivity index (χ2n) is 8.97. The molecule has 9 heteroatoms. The Bertz CT molecular complexity index is 1250. The molecule has 37 heavy (non-hydrogen) atoms. The Morgan fingerprint density at radius 1 is 1.11 bits per heavy atom. The molecule has 0 spiro atoms. The van der Waals surface area contributed by atoms with Crippen LogP contribution in [0.25, 0.3) is 0 Å². The van der Waals surface area contributed by atoms with Crippen LogP contribution in [0.4, 0.5) is 5.69 Å². The lowest BCUT2D eigenvalue weighted by Gasteiger charge is -2.36. The Balaban J connectivity index is 1.71. The first-order valence-corrected chi connectivity index (χ1v) is 13.4. The molecule has 0 fully saturated rings. The maximum Gasteiger partial charge on any atom is 0.336 e. The molecule has 0 saturated heterocycles. The Morgan fingerprint density at radius 3 is 2.41 bits per heavy atom. The van der Waals surface area contributed by atoms with Gasteiger partial charge in [0, 0.05) is 47.2 Å². The van der Waals surface area contributed by atoms with Gasteiger partial charge in [0.1, 0.15) is 12.4 Å². The first-order valence-electron chi connectivity index (χ1n) is 12.2. The third kappa shape index (κ3) is 5.72. The Labute approximate surface area is 220 Å². The van der Waals surface area contributed by atoms with Crippen LogP contribution in [-0.4, -0.2) is 41.9 Å². The Morgan fingerprint density at radius 2 is 1.78 bits per heavy atom. The van der Waals surface area contributed by atoms with Crippen molar-refractivity contribution in [1.29, 1.82) is 0 Å². The number of dihydropyridines is 1. The number of nitrogens with zero attached hydrogens (tertiary/aromatic N) is 1. The van der Waals surface area contributed by atoms with Gasteiger partial charge in [-0.15, -0.1) is 0 Å². The molecule has 2 unspecified atom stereocenters. The van der Waals surface area contributed by atoms with Crippen molar-refractivity contribution in [3.05, 3.63) is 92.3 Å². The number of hydrogen-bond acceptors (Lipinski definition) is 8. The molecule has 0 radical (unpaired) electrons. The highest BCUT2D eigenvalue weighted by molar-refractivity contribution is 7.99. The molecule has 0 saturated carbocycles. The van der Waals surface area contributed by atoms with Gasteiger partial charge in [0.05, 0.1) is 17.6 Å². The lowest BCUT2D eigenvalue weighted by atomic mass is 9.71. The third-order valence-corrected chi connectivity index (χ3v) is 7.60. The molecule has 1 aliphatic carbocycles. The molecule has 0 aromatic heterocycles. The number of ketones is 1. The molecule has 1 aliphatic heterocycles. The van der Waals surface area contributed by atoms with Crippen LogP contribution in [0.15, 0.2) is 71.1 Å². The normalized spacial score (nSPS) is 19.3. The van der Waals surface area contributed by atoms with E-state index in [-0.39, 0.29) is 24.0 Å². The lowest BCUT2D eigenvalue weighted by molar-refractivity contribution is -0.384. The highest BCUT2D eigenvalue weighted by atomic mass is 32.2. The van der Waals surface area contributed by atoms with Crippen molar-refractivity contribution >= 4 is 29.2 Å². The molecule has 0 amide bonds. The number of carbonyl (C=O) groups is 2. The van der Waals surface area contributed by atoms with Gasteiger partial charge < -0.3 is 14.8 Å². The fourth-order valence-corrected chi connectivity index (χ4v) is 5.45. The minimum Gasteiger partial charge on any atom is -0.497 e. The summed E-state index contributed by atoms with van der Waals surface area (Å²) in [5, 5.41) is 14.5.